The number of thioether (sulfide) groups is 1. The second kappa shape index (κ2) is 16.4. The second-order valence-electron chi connectivity index (χ2n) is 4.95. The molecule has 0 aromatic heterocycles. The van der Waals surface area contributed by atoms with Crippen LogP contribution in [0.25, 0.3) is 0 Å². The van der Waals surface area contributed by atoms with Gasteiger partial charge < -0.3 is 9.84 Å². The number of methoxy groups -OCH3 is 1. The zero-order valence-electron chi connectivity index (χ0n) is 13.9. The van der Waals surface area contributed by atoms with Crippen LogP contribution in [-0.2, 0) is 9.53 Å². The number of carbonyl (C=O) groups is 1. The number of allylic oxidation sites excluding steroid dienone is 6. The minimum Gasteiger partial charge on any atom is -0.479 e. The largest absolute Gasteiger partial charge is 0.479 e. The Balaban J connectivity index is 3.50. The second-order valence-corrected chi connectivity index (χ2v) is 6.12. The molecule has 22 heavy (non-hydrogen) atoms. The van der Waals surface area contributed by atoms with Gasteiger partial charge in [0.15, 0.2) is 5.44 Å². The van der Waals surface area contributed by atoms with Crippen molar-refractivity contribution in [3.8, 4) is 0 Å². The van der Waals surface area contributed by atoms with Crippen LogP contribution in [0.3, 0.4) is 0 Å². The standard InChI is InChI=1S/C18H30O3S/c1-3-4-5-6-7-8-9-10-11-12-13-14-15-16-22-18(21-2)17(19)20/h7-8,10-11,13-14,18H,3-6,9,12,15-16H2,1-2H3,(H,19,20)/b8-7-,11-10-,14-13-. The van der Waals surface area contributed by atoms with Crippen molar-refractivity contribution in [1.82, 2.24) is 0 Å². The fourth-order valence-electron chi connectivity index (χ4n) is 1.77. The van der Waals surface area contributed by atoms with Crippen LogP contribution in [0, 0.1) is 0 Å². The topological polar surface area (TPSA) is 46.5 Å². The van der Waals surface area contributed by atoms with Gasteiger partial charge >= 0.3 is 5.97 Å². The molecule has 1 N–H and O–H groups in total. The summed E-state index contributed by atoms with van der Waals surface area (Å²) < 4.78 is 4.85. The summed E-state index contributed by atoms with van der Waals surface area (Å²) in [5.41, 5.74) is -0.752. The van der Waals surface area contributed by atoms with Crippen LogP contribution in [0.2, 0.25) is 0 Å². The van der Waals surface area contributed by atoms with Gasteiger partial charge in [0.2, 0.25) is 0 Å². The molecule has 0 saturated heterocycles. The van der Waals surface area contributed by atoms with E-state index in [1.165, 1.54) is 44.6 Å². The number of ether oxygens (including phenoxy) is 1. The van der Waals surface area contributed by atoms with Gasteiger partial charge in [-0.2, -0.15) is 0 Å². The van der Waals surface area contributed by atoms with Crippen LogP contribution in [0.15, 0.2) is 36.5 Å². The lowest BCUT2D eigenvalue weighted by Gasteiger charge is -2.07. The summed E-state index contributed by atoms with van der Waals surface area (Å²) in [7, 11) is 1.42. The van der Waals surface area contributed by atoms with Gasteiger partial charge in [-0.05, 0) is 37.9 Å². The van der Waals surface area contributed by atoms with Crippen LogP contribution < -0.4 is 0 Å². The Bertz CT molecular complexity index is 348. The zero-order chi connectivity index (χ0) is 16.5. The molecule has 0 aromatic rings. The third-order valence-corrected chi connectivity index (χ3v) is 4.16. The average Bonchev–Trinajstić information content (AvgIpc) is 2.51. The Kier molecular flexibility index (Phi) is 15.6. The van der Waals surface area contributed by atoms with E-state index in [1.54, 1.807) is 0 Å². The van der Waals surface area contributed by atoms with E-state index in [0.717, 1.165) is 25.0 Å². The lowest BCUT2D eigenvalue weighted by atomic mass is 10.2. The van der Waals surface area contributed by atoms with E-state index in [-0.39, 0.29) is 0 Å². The minimum absolute atomic E-state index is 0.752. The fourth-order valence-corrected chi connectivity index (χ4v) is 2.54. The molecule has 1 atom stereocenters. The summed E-state index contributed by atoms with van der Waals surface area (Å²) in [5.74, 6) is -0.159. The summed E-state index contributed by atoms with van der Waals surface area (Å²) in [5, 5.41) is 8.80. The highest BCUT2D eigenvalue weighted by Gasteiger charge is 2.15. The summed E-state index contributed by atoms with van der Waals surface area (Å²) >= 11 is 1.31. The highest BCUT2D eigenvalue weighted by molar-refractivity contribution is 8.00. The minimum atomic E-state index is -0.915. The van der Waals surface area contributed by atoms with Crippen LogP contribution in [-0.4, -0.2) is 29.4 Å². The monoisotopic (exact) mass is 326 g/mol. The molecule has 0 amide bonds. The Morgan fingerprint density at radius 3 is 2.18 bits per heavy atom. The van der Waals surface area contributed by atoms with E-state index in [9.17, 15) is 4.79 Å². The summed E-state index contributed by atoms with van der Waals surface area (Å²) in [4.78, 5) is 10.7. The molecule has 0 fully saturated rings. The van der Waals surface area contributed by atoms with E-state index < -0.39 is 11.4 Å². The molecule has 0 aliphatic heterocycles. The van der Waals surface area contributed by atoms with Gasteiger partial charge in [0.05, 0.1) is 0 Å². The molecule has 0 aliphatic carbocycles. The van der Waals surface area contributed by atoms with Crippen molar-refractivity contribution in [3.05, 3.63) is 36.5 Å². The maximum atomic E-state index is 10.7. The highest BCUT2D eigenvalue weighted by atomic mass is 32.2. The molecule has 4 heteroatoms. The number of hydrogen-bond acceptors (Lipinski definition) is 3. The molecular weight excluding hydrogens is 296 g/mol. The van der Waals surface area contributed by atoms with Crippen LogP contribution in [0.5, 0.6) is 0 Å². The third-order valence-electron chi connectivity index (χ3n) is 2.99. The first-order valence-corrected chi connectivity index (χ1v) is 9.09. The third kappa shape index (κ3) is 14.0. The molecule has 0 spiro atoms. The van der Waals surface area contributed by atoms with Crippen LogP contribution >= 0.6 is 11.8 Å². The van der Waals surface area contributed by atoms with E-state index in [1.807, 2.05) is 0 Å². The van der Waals surface area contributed by atoms with Gasteiger partial charge in [-0.3, -0.25) is 0 Å². The van der Waals surface area contributed by atoms with E-state index in [0.29, 0.717) is 0 Å². The molecular formula is C18H30O3S. The number of hydrogen-bond donors (Lipinski definition) is 1. The molecule has 0 radical (unpaired) electrons. The molecule has 0 saturated carbocycles. The van der Waals surface area contributed by atoms with Crippen molar-refractivity contribution < 1.29 is 14.6 Å². The van der Waals surface area contributed by atoms with E-state index in [4.69, 9.17) is 9.84 Å². The molecule has 3 nitrogen and oxygen atoms in total. The molecule has 0 rings (SSSR count). The maximum Gasteiger partial charge on any atom is 0.343 e. The predicted octanol–water partition coefficient (Wildman–Crippen LogP) is 5.20. The van der Waals surface area contributed by atoms with Crippen molar-refractivity contribution in [1.29, 1.82) is 0 Å². The van der Waals surface area contributed by atoms with Gasteiger partial charge in [-0.15, -0.1) is 11.8 Å². The lowest BCUT2D eigenvalue weighted by Crippen LogP contribution is -2.18. The number of aliphatic carboxylic acids is 1. The van der Waals surface area contributed by atoms with Gasteiger partial charge in [-0.25, -0.2) is 4.79 Å². The van der Waals surface area contributed by atoms with Gasteiger partial charge in [0, 0.05) is 7.11 Å². The normalized spacial score (nSPS) is 13.5. The van der Waals surface area contributed by atoms with Crippen molar-refractivity contribution >= 4 is 17.7 Å². The Morgan fingerprint density at radius 1 is 1.05 bits per heavy atom. The molecule has 0 aliphatic rings. The first kappa shape index (κ1) is 21.0. The van der Waals surface area contributed by atoms with Crippen molar-refractivity contribution in [2.75, 3.05) is 12.9 Å². The molecule has 0 aromatic carbocycles. The van der Waals surface area contributed by atoms with Crippen molar-refractivity contribution in [2.24, 2.45) is 0 Å². The van der Waals surface area contributed by atoms with Crippen molar-refractivity contribution in [3.63, 3.8) is 0 Å². The number of rotatable bonds is 14. The highest BCUT2D eigenvalue weighted by Crippen LogP contribution is 2.13. The van der Waals surface area contributed by atoms with Gasteiger partial charge in [-0.1, -0.05) is 56.2 Å². The van der Waals surface area contributed by atoms with Crippen LogP contribution in [0.4, 0.5) is 0 Å². The summed E-state index contributed by atoms with van der Waals surface area (Å²) in [6.07, 6.45) is 20.9. The van der Waals surface area contributed by atoms with Gasteiger partial charge in [0.25, 0.3) is 0 Å². The van der Waals surface area contributed by atoms with Crippen LogP contribution in [0.1, 0.15) is 51.9 Å². The maximum absolute atomic E-state index is 10.7. The van der Waals surface area contributed by atoms with Gasteiger partial charge in [0.1, 0.15) is 0 Å². The Labute approximate surface area is 139 Å². The van der Waals surface area contributed by atoms with Crippen molar-refractivity contribution in [2.45, 2.75) is 57.3 Å². The summed E-state index contributed by atoms with van der Waals surface area (Å²) in [6.45, 7) is 2.22. The first-order valence-electron chi connectivity index (χ1n) is 8.04. The molecule has 0 bridgehead atoms. The first-order chi connectivity index (χ1) is 10.7. The Hall–Kier alpha value is -1.00. The average molecular weight is 327 g/mol. The molecule has 1 unspecified atom stereocenters. The molecule has 126 valence electrons. The SMILES string of the molecule is CCCCC/C=C\C/C=C\C/C=C\CCSC(OC)C(=O)O. The summed E-state index contributed by atoms with van der Waals surface area (Å²) in [6, 6.07) is 0. The lowest BCUT2D eigenvalue weighted by molar-refractivity contribution is -0.143. The number of carboxylic acids is 1. The smallest absolute Gasteiger partial charge is 0.343 e. The van der Waals surface area contributed by atoms with E-state index >= 15 is 0 Å². The molecule has 0 heterocycles. The van der Waals surface area contributed by atoms with E-state index in [2.05, 4.69) is 43.4 Å². The number of carboxylic acid groups (broad SMARTS) is 1. The Morgan fingerprint density at radius 2 is 1.64 bits per heavy atom. The zero-order valence-corrected chi connectivity index (χ0v) is 14.7. The quantitative estimate of drug-likeness (QED) is 0.271. The number of unbranched alkanes of at least 4 members (excludes halogenated alkanes) is 3. The fraction of sp³-hybridized carbons (Fsp3) is 0.611. The predicted molar refractivity (Wildman–Crippen MR) is 96.3 cm³/mol.